The minimum atomic E-state index is -0.894. The first-order chi connectivity index (χ1) is 8.30. The summed E-state index contributed by atoms with van der Waals surface area (Å²) in [6, 6.07) is 4.23. The average Bonchev–Trinajstić information content (AvgIpc) is 2.28. The number of rotatable bonds is 4. The molecule has 0 spiro atoms. The van der Waals surface area contributed by atoms with Gasteiger partial charge in [-0.2, -0.15) is 0 Å². The Balaban J connectivity index is 3.14. The maximum atomic E-state index is 11.8. The molecule has 6 heteroatoms. The summed E-state index contributed by atoms with van der Waals surface area (Å²) in [7, 11) is 0. The molecule has 0 aliphatic heterocycles. The van der Waals surface area contributed by atoms with E-state index in [9.17, 15) is 14.9 Å². The van der Waals surface area contributed by atoms with E-state index in [1.54, 1.807) is 20.8 Å². The van der Waals surface area contributed by atoms with Crippen LogP contribution in [0.1, 0.15) is 26.3 Å². The highest BCUT2D eigenvalue weighted by molar-refractivity contribution is 6.32. The first kappa shape index (κ1) is 14.4. The third-order valence-corrected chi connectivity index (χ3v) is 2.95. The molecule has 1 aromatic rings. The van der Waals surface area contributed by atoms with E-state index in [1.807, 2.05) is 0 Å². The molecule has 98 valence electrons. The van der Waals surface area contributed by atoms with Crippen LogP contribution in [0.4, 0.5) is 5.69 Å². The summed E-state index contributed by atoms with van der Waals surface area (Å²) in [5, 5.41) is 10.7. The van der Waals surface area contributed by atoms with E-state index in [4.69, 9.17) is 16.3 Å². The van der Waals surface area contributed by atoms with Gasteiger partial charge < -0.3 is 4.74 Å². The molecule has 0 saturated heterocycles. The van der Waals surface area contributed by atoms with Gasteiger partial charge in [-0.15, -0.1) is 0 Å². The van der Waals surface area contributed by atoms with Gasteiger partial charge in [0.05, 0.1) is 16.9 Å². The van der Waals surface area contributed by atoms with Gasteiger partial charge >= 0.3 is 5.97 Å². The number of hydrogen-bond acceptors (Lipinski definition) is 4. The lowest BCUT2D eigenvalue weighted by Gasteiger charge is -2.22. The van der Waals surface area contributed by atoms with Crippen LogP contribution in [0.2, 0.25) is 5.02 Å². The molecule has 0 aromatic heterocycles. The van der Waals surface area contributed by atoms with Crippen molar-refractivity contribution in [3.63, 3.8) is 0 Å². The van der Waals surface area contributed by atoms with E-state index in [2.05, 4.69) is 0 Å². The maximum absolute atomic E-state index is 11.8. The second-order valence-electron chi connectivity index (χ2n) is 4.27. The summed E-state index contributed by atoms with van der Waals surface area (Å²) in [6.07, 6.45) is 0. The third-order valence-electron chi connectivity index (χ3n) is 2.65. The lowest BCUT2D eigenvalue weighted by atomic mass is 9.84. The Bertz CT molecular complexity index is 485. The zero-order valence-corrected chi connectivity index (χ0v) is 11.2. The topological polar surface area (TPSA) is 69.4 Å². The molecule has 0 aliphatic carbocycles. The Kier molecular flexibility index (Phi) is 4.29. The molecule has 0 atom stereocenters. The lowest BCUT2D eigenvalue weighted by Crippen LogP contribution is -2.31. The number of ether oxygens (including phenoxy) is 1. The summed E-state index contributed by atoms with van der Waals surface area (Å²) < 4.78 is 4.96. The van der Waals surface area contributed by atoms with Gasteiger partial charge in [-0.1, -0.05) is 17.7 Å². The standard InChI is InChI=1S/C12H14ClNO4/c1-4-18-11(15)12(2,3)8-5-6-10(14(16)17)9(13)7-8/h5-7H,4H2,1-3H3. The molecule has 1 rings (SSSR count). The SMILES string of the molecule is CCOC(=O)C(C)(C)c1ccc([N+](=O)[O-])c(Cl)c1. The van der Waals surface area contributed by atoms with Gasteiger partial charge in [0.25, 0.3) is 5.69 Å². The molecule has 0 aliphatic rings. The zero-order valence-electron chi connectivity index (χ0n) is 10.4. The summed E-state index contributed by atoms with van der Waals surface area (Å²) in [5.74, 6) is -0.394. The first-order valence-corrected chi connectivity index (χ1v) is 5.80. The number of halogens is 1. The normalized spacial score (nSPS) is 11.1. The van der Waals surface area contributed by atoms with Gasteiger partial charge in [0, 0.05) is 6.07 Å². The van der Waals surface area contributed by atoms with Gasteiger partial charge in [-0.25, -0.2) is 0 Å². The van der Waals surface area contributed by atoms with Gasteiger partial charge in [0.2, 0.25) is 0 Å². The van der Waals surface area contributed by atoms with E-state index >= 15 is 0 Å². The van der Waals surface area contributed by atoms with E-state index in [-0.39, 0.29) is 17.3 Å². The second kappa shape index (κ2) is 5.35. The number of nitro groups is 1. The van der Waals surface area contributed by atoms with E-state index in [0.29, 0.717) is 5.56 Å². The Morgan fingerprint density at radius 3 is 2.56 bits per heavy atom. The van der Waals surface area contributed by atoms with Crippen LogP contribution < -0.4 is 0 Å². The maximum Gasteiger partial charge on any atom is 0.315 e. The van der Waals surface area contributed by atoms with Crippen molar-refractivity contribution in [3.8, 4) is 0 Å². The summed E-state index contributed by atoms with van der Waals surface area (Å²) in [5.41, 5.74) is -0.494. The third kappa shape index (κ3) is 2.79. The lowest BCUT2D eigenvalue weighted by molar-refractivity contribution is -0.384. The number of nitro benzene ring substituents is 1. The molecule has 0 bridgehead atoms. The van der Waals surface area contributed by atoms with Gasteiger partial charge in [-0.05, 0) is 32.4 Å². The summed E-state index contributed by atoms with van der Waals surface area (Å²) in [4.78, 5) is 21.9. The highest BCUT2D eigenvalue weighted by Gasteiger charge is 2.32. The van der Waals surface area contributed by atoms with Crippen LogP contribution >= 0.6 is 11.6 Å². The number of nitrogens with zero attached hydrogens (tertiary/aromatic N) is 1. The van der Waals surface area contributed by atoms with Crippen LogP contribution in [0, 0.1) is 10.1 Å². The first-order valence-electron chi connectivity index (χ1n) is 5.42. The molecule has 0 N–H and O–H groups in total. The monoisotopic (exact) mass is 271 g/mol. The van der Waals surface area contributed by atoms with Crippen molar-refractivity contribution in [3.05, 3.63) is 38.9 Å². The number of carbonyl (C=O) groups excluding carboxylic acids is 1. The number of hydrogen-bond donors (Lipinski definition) is 0. The minimum absolute atomic E-state index is 0.00914. The highest BCUT2D eigenvalue weighted by atomic mass is 35.5. The van der Waals surface area contributed by atoms with Crippen LogP contribution in [0.25, 0.3) is 0 Å². The van der Waals surface area contributed by atoms with Gasteiger partial charge in [0.15, 0.2) is 0 Å². The molecule has 5 nitrogen and oxygen atoms in total. The fourth-order valence-corrected chi connectivity index (χ4v) is 1.72. The van der Waals surface area contributed by atoms with Crippen molar-refractivity contribution in [1.82, 2.24) is 0 Å². The minimum Gasteiger partial charge on any atom is -0.465 e. The number of carbonyl (C=O) groups is 1. The van der Waals surface area contributed by atoms with E-state index < -0.39 is 16.3 Å². The average molecular weight is 272 g/mol. The highest BCUT2D eigenvalue weighted by Crippen LogP contribution is 2.31. The van der Waals surface area contributed by atoms with Crippen molar-refractivity contribution in [1.29, 1.82) is 0 Å². The number of esters is 1. The smallest absolute Gasteiger partial charge is 0.315 e. The van der Waals surface area contributed by atoms with Crippen molar-refractivity contribution in [2.75, 3.05) is 6.61 Å². The Morgan fingerprint density at radius 2 is 2.11 bits per heavy atom. The van der Waals surface area contributed by atoms with E-state index in [1.165, 1.54) is 18.2 Å². The second-order valence-corrected chi connectivity index (χ2v) is 4.68. The molecule has 18 heavy (non-hydrogen) atoms. The molecule has 1 aromatic carbocycles. The summed E-state index contributed by atoms with van der Waals surface area (Å²) in [6.45, 7) is 5.37. The van der Waals surface area contributed by atoms with Crippen LogP contribution in [0.3, 0.4) is 0 Å². The van der Waals surface area contributed by atoms with E-state index in [0.717, 1.165) is 0 Å². The summed E-state index contributed by atoms with van der Waals surface area (Å²) >= 11 is 5.82. The Labute approximate surface area is 110 Å². The van der Waals surface area contributed by atoms with Crippen LogP contribution in [-0.4, -0.2) is 17.5 Å². The molecule has 0 heterocycles. The molecule has 0 radical (unpaired) electrons. The van der Waals surface area contributed by atoms with Crippen LogP contribution in [-0.2, 0) is 14.9 Å². The molecule has 0 fully saturated rings. The molecular formula is C12H14ClNO4. The van der Waals surface area contributed by atoms with Crippen molar-refractivity contribution in [2.24, 2.45) is 0 Å². The largest absolute Gasteiger partial charge is 0.465 e. The molecular weight excluding hydrogens is 258 g/mol. The fraction of sp³-hybridized carbons (Fsp3) is 0.417. The molecule has 0 amide bonds. The predicted molar refractivity (Wildman–Crippen MR) is 67.8 cm³/mol. The predicted octanol–water partition coefficient (Wildman–Crippen LogP) is 3.09. The van der Waals surface area contributed by atoms with Gasteiger partial charge in [-0.3, -0.25) is 14.9 Å². The van der Waals surface area contributed by atoms with Gasteiger partial charge in [0.1, 0.15) is 5.02 Å². The van der Waals surface area contributed by atoms with Crippen molar-refractivity contribution in [2.45, 2.75) is 26.2 Å². The molecule has 0 saturated carbocycles. The Morgan fingerprint density at radius 1 is 1.50 bits per heavy atom. The van der Waals surface area contributed by atoms with Crippen LogP contribution in [0.5, 0.6) is 0 Å². The Hall–Kier alpha value is -1.62. The zero-order chi connectivity index (χ0) is 13.9. The quantitative estimate of drug-likeness (QED) is 0.479. The fourth-order valence-electron chi connectivity index (χ4n) is 1.47. The van der Waals surface area contributed by atoms with Crippen molar-refractivity contribution < 1.29 is 14.5 Å². The van der Waals surface area contributed by atoms with Crippen LogP contribution in [0.15, 0.2) is 18.2 Å². The number of benzene rings is 1. The molecule has 0 unspecified atom stereocenters. The van der Waals surface area contributed by atoms with Crippen molar-refractivity contribution >= 4 is 23.3 Å².